The molecule has 1 aliphatic heterocycles. The number of aromatic nitrogens is 2. The summed E-state index contributed by atoms with van der Waals surface area (Å²) >= 11 is 0. The molecule has 1 fully saturated rings. The molecule has 0 spiro atoms. The Morgan fingerprint density at radius 2 is 2.53 bits per heavy atom. The van der Waals surface area contributed by atoms with Crippen molar-refractivity contribution in [3.8, 4) is 0 Å². The molecule has 1 atom stereocenters. The van der Waals surface area contributed by atoms with E-state index in [9.17, 15) is 4.79 Å². The van der Waals surface area contributed by atoms with Crippen LogP contribution in [0.4, 0.5) is 0 Å². The minimum Gasteiger partial charge on any atom is -0.478 e. The van der Waals surface area contributed by atoms with Gasteiger partial charge >= 0.3 is 5.97 Å². The number of hydrogen-bond acceptors (Lipinski definition) is 3. The zero-order valence-electron chi connectivity index (χ0n) is 9.58. The molecule has 1 saturated heterocycles. The zero-order chi connectivity index (χ0) is 12.1. The Kier molecular flexibility index (Phi) is 3.93. The minimum atomic E-state index is -0.951. The molecule has 1 unspecified atom stereocenters. The van der Waals surface area contributed by atoms with Crippen LogP contribution in [0.5, 0.6) is 0 Å². The first kappa shape index (κ1) is 11.9. The predicted molar refractivity (Wildman–Crippen MR) is 62.5 cm³/mol. The maximum atomic E-state index is 10.4. The molecule has 0 bridgehead atoms. The predicted octanol–water partition coefficient (Wildman–Crippen LogP) is 1.55. The van der Waals surface area contributed by atoms with E-state index in [0.717, 1.165) is 37.6 Å². The second kappa shape index (κ2) is 5.63. The van der Waals surface area contributed by atoms with Crippen molar-refractivity contribution < 1.29 is 14.6 Å². The van der Waals surface area contributed by atoms with Crippen molar-refractivity contribution in [2.75, 3.05) is 6.61 Å². The summed E-state index contributed by atoms with van der Waals surface area (Å²) in [6.45, 7) is 1.57. The van der Waals surface area contributed by atoms with Gasteiger partial charge in [-0.15, -0.1) is 0 Å². The van der Waals surface area contributed by atoms with E-state index in [2.05, 4.69) is 5.10 Å². The summed E-state index contributed by atoms with van der Waals surface area (Å²) in [7, 11) is 0. The molecule has 0 amide bonds. The summed E-state index contributed by atoms with van der Waals surface area (Å²) < 4.78 is 7.42. The fraction of sp³-hybridized carbons (Fsp3) is 0.500. The molecule has 1 N–H and O–H groups in total. The molecule has 1 aromatic rings. The van der Waals surface area contributed by atoms with Gasteiger partial charge in [0.25, 0.3) is 0 Å². The molecular formula is C12H16N2O3. The number of hydrogen-bond donors (Lipinski definition) is 1. The van der Waals surface area contributed by atoms with Gasteiger partial charge in [-0.1, -0.05) is 0 Å². The van der Waals surface area contributed by atoms with Crippen molar-refractivity contribution in [2.45, 2.75) is 31.9 Å². The largest absolute Gasteiger partial charge is 0.478 e. The second-order valence-corrected chi connectivity index (χ2v) is 4.16. The SMILES string of the molecule is O=C(O)/C=C/c1cnn(CC2CCCCO2)c1. The lowest BCUT2D eigenvalue weighted by Gasteiger charge is -2.22. The van der Waals surface area contributed by atoms with E-state index in [0.29, 0.717) is 0 Å². The average Bonchev–Trinajstić information content (AvgIpc) is 2.75. The first-order valence-electron chi connectivity index (χ1n) is 5.79. The smallest absolute Gasteiger partial charge is 0.328 e. The summed E-state index contributed by atoms with van der Waals surface area (Å²) in [5.74, 6) is -0.951. The fourth-order valence-corrected chi connectivity index (χ4v) is 1.89. The molecule has 5 nitrogen and oxygen atoms in total. The Bertz CT molecular complexity index is 406. The first-order valence-corrected chi connectivity index (χ1v) is 5.79. The van der Waals surface area contributed by atoms with E-state index in [1.807, 2.05) is 6.20 Å². The average molecular weight is 236 g/mol. The topological polar surface area (TPSA) is 64.3 Å². The van der Waals surface area contributed by atoms with Crippen molar-refractivity contribution >= 4 is 12.0 Å². The number of carbonyl (C=O) groups is 1. The van der Waals surface area contributed by atoms with Crippen molar-refractivity contribution in [1.82, 2.24) is 9.78 Å². The summed E-state index contributed by atoms with van der Waals surface area (Å²) in [6.07, 6.45) is 9.78. The molecule has 92 valence electrons. The van der Waals surface area contributed by atoms with Crippen LogP contribution in [0.1, 0.15) is 24.8 Å². The van der Waals surface area contributed by atoms with Crippen LogP contribution in [0.3, 0.4) is 0 Å². The number of carboxylic acids is 1. The third-order valence-corrected chi connectivity index (χ3v) is 2.74. The number of carboxylic acid groups (broad SMARTS) is 1. The van der Waals surface area contributed by atoms with Crippen molar-refractivity contribution in [1.29, 1.82) is 0 Å². The highest BCUT2D eigenvalue weighted by molar-refractivity contribution is 5.85. The highest BCUT2D eigenvalue weighted by atomic mass is 16.5. The van der Waals surface area contributed by atoms with Gasteiger partial charge in [-0.2, -0.15) is 5.10 Å². The monoisotopic (exact) mass is 236 g/mol. The Hall–Kier alpha value is -1.62. The van der Waals surface area contributed by atoms with Crippen LogP contribution in [0.15, 0.2) is 18.5 Å². The minimum absolute atomic E-state index is 0.236. The van der Waals surface area contributed by atoms with Gasteiger partial charge in [0.2, 0.25) is 0 Å². The Morgan fingerprint density at radius 1 is 1.65 bits per heavy atom. The van der Waals surface area contributed by atoms with Gasteiger partial charge in [0, 0.05) is 24.4 Å². The van der Waals surface area contributed by atoms with Gasteiger partial charge in [0.15, 0.2) is 0 Å². The molecular weight excluding hydrogens is 220 g/mol. The highest BCUT2D eigenvalue weighted by Crippen LogP contribution is 2.14. The Morgan fingerprint density at radius 3 is 3.24 bits per heavy atom. The third-order valence-electron chi connectivity index (χ3n) is 2.74. The molecule has 0 aliphatic carbocycles. The van der Waals surface area contributed by atoms with E-state index in [4.69, 9.17) is 9.84 Å². The zero-order valence-corrected chi connectivity index (χ0v) is 9.58. The van der Waals surface area contributed by atoms with Crippen molar-refractivity contribution in [2.24, 2.45) is 0 Å². The number of nitrogens with zero attached hydrogens (tertiary/aromatic N) is 2. The van der Waals surface area contributed by atoms with E-state index < -0.39 is 5.97 Å². The first-order chi connectivity index (χ1) is 8.24. The van der Waals surface area contributed by atoms with Gasteiger partial charge in [-0.3, -0.25) is 4.68 Å². The van der Waals surface area contributed by atoms with Gasteiger partial charge in [-0.05, 0) is 25.3 Å². The number of ether oxygens (including phenoxy) is 1. The van der Waals surface area contributed by atoms with Gasteiger partial charge in [-0.25, -0.2) is 4.79 Å². The molecule has 0 aromatic carbocycles. The third kappa shape index (κ3) is 3.71. The van der Waals surface area contributed by atoms with Gasteiger partial charge < -0.3 is 9.84 Å². The quantitative estimate of drug-likeness (QED) is 0.805. The molecule has 1 aromatic heterocycles. The Labute approximate surface area is 99.7 Å². The van der Waals surface area contributed by atoms with E-state index >= 15 is 0 Å². The van der Waals surface area contributed by atoms with Crippen LogP contribution in [0, 0.1) is 0 Å². The fourth-order valence-electron chi connectivity index (χ4n) is 1.89. The summed E-state index contributed by atoms with van der Waals surface area (Å²) in [6, 6.07) is 0. The van der Waals surface area contributed by atoms with Crippen LogP contribution >= 0.6 is 0 Å². The van der Waals surface area contributed by atoms with Crippen LogP contribution in [-0.4, -0.2) is 33.6 Å². The molecule has 17 heavy (non-hydrogen) atoms. The number of rotatable bonds is 4. The van der Waals surface area contributed by atoms with Crippen LogP contribution in [0.2, 0.25) is 0 Å². The van der Waals surface area contributed by atoms with Crippen molar-refractivity contribution in [3.05, 3.63) is 24.0 Å². The maximum Gasteiger partial charge on any atom is 0.328 e. The highest BCUT2D eigenvalue weighted by Gasteiger charge is 2.14. The Balaban J connectivity index is 1.91. The van der Waals surface area contributed by atoms with Gasteiger partial charge in [0.1, 0.15) is 0 Å². The second-order valence-electron chi connectivity index (χ2n) is 4.16. The van der Waals surface area contributed by atoms with Crippen LogP contribution in [-0.2, 0) is 16.1 Å². The van der Waals surface area contributed by atoms with Crippen LogP contribution in [0.25, 0.3) is 6.08 Å². The summed E-state index contributed by atoms with van der Waals surface area (Å²) in [4.78, 5) is 10.4. The number of aliphatic carboxylic acids is 1. The molecule has 5 heteroatoms. The van der Waals surface area contributed by atoms with Crippen molar-refractivity contribution in [3.63, 3.8) is 0 Å². The lowest BCUT2D eigenvalue weighted by molar-refractivity contribution is -0.131. The van der Waals surface area contributed by atoms with E-state index in [1.165, 1.54) is 12.5 Å². The van der Waals surface area contributed by atoms with Crippen LogP contribution < -0.4 is 0 Å². The summed E-state index contributed by atoms with van der Waals surface area (Å²) in [5, 5.41) is 12.7. The molecule has 2 rings (SSSR count). The van der Waals surface area contributed by atoms with Gasteiger partial charge in [0.05, 0.1) is 18.8 Å². The molecule has 2 heterocycles. The summed E-state index contributed by atoms with van der Waals surface area (Å²) in [5.41, 5.74) is 0.795. The molecule has 1 aliphatic rings. The van der Waals surface area contributed by atoms with E-state index in [-0.39, 0.29) is 6.10 Å². The normalized spacial score (nSPS) is 20.8. The lowest BCUT2D eigenvalue weighted by Crippen LogP contribution is -2.24. The van der Waals surface area contributed by atoms with E-state index in [1.54, 1.807) is 10.9 Å². The molecule has 0 saturated carbocycles. The molecule has 0 radical (unpaired) electrons. The lowest BCUT2D eigenvalue weighted by atomic mass is 10.1. The maximum absolute atomic E-state index is 10.4. The standard InChI is InChI=1S/C12H16N2O3/c15-12(16)5-4-10-7-13-14(8-10)9-11-3-1-2-6-17-11/h4-5,7-8,11H,1-3,6,9H2,(H,15,16)/b5-4+.